The van der Waals surface area contributed by atoms with E-state index in [0.717, 1.165) is 19.3 Å². The molecule has 4 saturated carbocycles. The largest absolute Gasteiger partial charge is 0.388 e. The second-order valence-electron chi connectivity index (χ2n) is 13.1. The molecule has 210 valence electrons. The topological polar surface area (TPSA) is 163 Å². The van der Waals surface area contributed by atoms with Crippen LogP contribution >= 0.6 is 19.2 Å². The number of imidazole rings is 1. The average Bonchev–Trinajstić information content (AvgIpc) is 3.29. The summed E-state index contributed by atoms with van der Waals surface area (Å²) in [5, 5.41) is 25.3. The van der Waals surface area contributed by atoms with Gasteiger partial charge in [-0.05, 0) is 79.7 Å². The van der Waals surface area contributed by atoms with Crippen molar-refractivity contribution in [1.82, 2.24) is 19.5 Å². The first-order valence-electron chi connectivity index (χ1n) is 13.5. The van der Waals surface area contributed by atoms with Gasteiger partial charge in [-0.2, -0.15) is 9.97 Å². The van der Waals surface area contributed by atoms with Crippen LogP contribution in [0.25, 0.3) is 11.2 Å². The van der Waals surface area contributed by atoms with E-state index in [0.29, 0.717) is 53.0 Å². The number of fused-ring (bicyclic) bond motifs is 1. The summed E-state index contributed by atoms with van der Waals surface area (Å²) >= 11 is 6.40. The summed E-state index contributed by atoms with van der Waals surface area (Å²) < 4.78 is 18.7. The number of hydrogen-bond donors (Lipinski definition) is 5. The molecule has 5 fully saturated rings. The van der Waals surface area contributed by atoms with Crippen molar-refractivity contribution >= 4 is 36.2 Å². The van der Waals surface area contributed by atoms with Gasteiger partial charge in [0.1, 0.15) is 12.2 Å². The molecule has 4 aliphatic carbocycles. The normalized spacial score (nSPS) is 40.3. The number of hydrogen-bond acceptors (Lipinski definition) is 8. The van der Waals surface area contributed by atoms with E-state index in [1.807, 2.05) is 0 Å². The van der Waals surface area contributed by atoms with Gasteiger partial charge in [0.05, 0.1) is 12.4 Å². The minimum absolute atomic E-state index is 0.0610. The Morgan fingerprint density at radius 2 is 1.82 bits per heavy atom. The van der Waals surface area contributed by atoms with Crippen LogP contribution in [0.5, 0.6) is 0 Å². The van der Waals surface area contributed by atoms with Crippen LogP contribution in [0.4, 0.5) is 5.82 Å². The number of ether oxygens (including phenoxy) is 1. The van der Waals surface area contributed by atoms with Gasteiger partial charge in [0, 0.05) is 11.7 Å². The highest BCUT2D eigenvalue weighted by atomic mass is 35.5. The lowest BCUT2D eigenvalue weighted by molar-refractivity contribution is -0.0973. The number of nitrogens with one attached hydrogen (secondary N) is 1. The third-order valence-electron chi connectivity index (χ3n) is 9.20. The van der Waals surface area contributed by atoms with E-state index < -0.39 is 32.1 Å². The van der Waals surface area contributed by atoms with Crippen molar-refractivity contribution in [3.8, 4) is 0 Å². The van der Waals surface area contributed by atoms with Crippen LogP contribution in [-0.2, 0) is 9.30 Å². The number of halogens is 1. The molecule has 4 unspecified atom stereocenters. The Hall–Kier alpha value is -1.33. The Bertz CT molecular complexity index is 1270. The molecule has 0 amide bonds. The minimum atomic E-state index is -4.07. The fourth-order valence-corrected chi connectivity index (χ4v) is 9.66. The van der Waals surface area contributed by atoms with Gasteiger partial charge >= 0.3 is 7.60 Å². The van der Waals surface area contributed by atoms with Gasteiger partial charge in [-0.25, -0.2) is 4.98 Å². The molecular weight excluding hydrogens is 533 g/mol. The fraction of sp³-hybridized carbons (Fsp3) is 0.800. The van der Waals surface area contributed by atoms with Crippen LogP contribution in [0, 0.1) is 16.7 Å². The molecule has 2 aromatic heterocycles. The molecule has 13 heteroatoms. The van der Waals surface area contributed by atoms with Crippen LogP contribution in [0.15, 0.2) is 6.33 Å². The average molecular weight is 570 g/mol. The molecule has 38 heavy (non-hydrogen) atoms. The highest BCUT2D eigenvalue weighted by Crippen LogP contribution is 2.67. The molecular formula is C25H37ClN5O6P. The van der Waals surface area contributed by atoms with Gasteiger partial charge in [0.25, 0.3) is 0 Å². The molecule has 0 spiro atoms. The molecule has 1 saturated heterocycles. The van der Waals surface area contributed by atoms with Crippen molar-refractivity contribution in [2.45, 2.75) is 102 Å². The molecule has 7 rings (SSSR count). The van der Waals surface area contributed by atoms with Crippen LogP contribution in [-0.4, -0.2) is 69.5 Å². The van der Waals surface area contributed by atoms with E-state index in [2.05, 4.69) is 34.1 Å². The van der Waals surface area contributed by atoms with Crippen molar-refractivity contribution in [3.05, 3.63) is 11.6 Å². The monoisotopic (exact) mass is 569 g/mol. The van der Waals surface area contributed by atoms with E-state index in [4.69, 9.17) is 26.1 Å². The molecule has 0 radical (unpaired) electrons. The minimum Gasteiger partial charge on any atom is -0.388 e. The lowest BCUT2D eigenvalue weighted by atomic mass is 9.43. The van der Waals surface area contributed by atoms with Gasteiger partial charge in [-0.15, -0.1) is 0 Å². The van der Waals surface area contributed by atoms with Crippen molar-refractivity contribution in [2.24, 2.45) is 16.7 Å². The summed E-state index contributed by atoms with van der Waals surface area (Å²) in [5.74, 6) is 1.27. The van der Waals surface area contributed by atoms with Crippen molar-refractivity contribution in [1.29, 1.82) is 0 Å². The number of anilines is 1. The summed E-state index contributed by atoms with van der Waals surface area (Å²) in [6.45, 7) is 4.83. The Balaban J connectivity index is 1.24. The number of nitrogens with zero attached hydrogens (tertiary/aromatic N) is 4. The number of rotatable bonds is 8. The third-order valence-corrected chi connectivity index (χ3v) is 10.3. The van der Waals surface area contributed by atoms with E-state index >= 15 is 0 Å². The molecule has 0 aromatic carbocycles. The van der Waals surface area contributed by atoms with Gasteiger partial charge in [0.15, 0.2) is 23.2 Å². The first kappa shape index (κ1) is 26.9. The Kier molecular flexibility index (Phi) is 6.43. The summed E-state index contributed by atoms with van der Waals surface area (Å²) in [5.41, 5.74) is 1.50. The van der Waals surface area contributed by atoms with Crippen LogP contribution in [0.1, 0.15) is 77.9 Å². The fourth-order valence-electron chi connectivity index (χ4n) is 8.86. The molecule has 4 bridgehead atoms. The lowest BCUT2D eigenvalue weighted by Gasteiger charge is -2.65. The smallest absolute Gasteiger partial charge is 0.325 e. The second kappa shape index (κ2) is 9.09. The van der Waals surface area contributed by atoms with Crippen LogP contribution in [0.3, 0.4) is 0 Å². The zero-order chi connectivity index (χ0) is 27.1. The maximum absolute atomic E-state index is 11.1. The van der Waals surface area contributed by atoms with Crippen LogP contribution in [0.2, 0.25) is 5.28 Å². The van der Waals surface area contributed by atoms with Gasteiger partial charge < -0.3 is 30.1 Å². The van der Waals surface area contributed by atoms with Crippen LogP contribution < -0.4 is 5.32 Å². The first-order chi connectivity index (χ1) is 17.8. The Labute approximate surface area is 226 Å². The molecule has 5 aliphatic rings. The zero-order valence-electron chi connectivity index (χ0n) is 21.8. The van der Waals surface area contributed by atoms with Crippen molar-refractivity contribution in [3.63, 3.8) is 0 Å². The first-order valence-corrected chi connectivity index (χ1v) is 15.7. The SMILES string of the molecule is C[C@]12CC3CC(Nc4nc(Cl)nc5c4ncn5[C@@H]4O[C@H](CCCCP(=O)(O)O)C(O)C4O)(C1)C[C@@](C)(C3)C2. The maximum atomic E-state index is 11.1. The number of aliphatic hydroxyl groups excluding tert-OH is 2. The predicted molar refractivity (Wildman–Crippen MR) is 141 cm³/mol. The van der Waals surface area contributed by atoms with E-state index in [1.165, 1.54) is 25.6 Å². The van der Waals surface area contributed by atoms with E-state index in [-0.39, 0.29) is 17.0 Å². The Morgan fingerprint density at radius 1 is 1.11 bits per heavy atom. The highest BCUT2D eigenvalue weighted by molar-refractivity contribution is 7.51. The zero-order valence-corrected chi connectivity index (χ0v) is 23.4. The predicted octanol–water partition coefficient (Wildman–Crippen LogP) is 3.61. The molecule has 3 heterocycles. The third kappa shape index (κ3) is 4.89. The molecule has 1 aliphatic heterocycles. The quantitative estimate of drug-likeness (QED) is 0.180. The Morgan fingerprint density at radius 3 is 2.47 bits per heavy atom. The molecule has 5 N–H and O–H groups in total. The summed E-state index contributed by atoms with van der Waals surface area (Å²) in [6.07, 6.45) is 5.47. The standard InChI is InChI=1S/C25H37ClN5O6P/c1-23-7-14-8-24(2,10-23)12-25(9-14,11-23)30-19-16-20(29-22(26)28-19)31(13-27-16)21-18(33)17(32)15(37-21)5-3-4-6-38(34,35)36/h13-15,17-18,21,32-33H,3-12H2,1-2H3,(H,28,29,30)(H2,34,35,36)/t14?,15-,17?,18?,21-,23-,24+,25?/m1/s1. The van der Waals surface area contributed by atoms with Gasteiger partial charge in [0.2, 0.25) is 5.28 Å². The number of aromatic nitrogens is 4. The lowest BCUT2D eigenvalue weighted by Crippen LogP contribution is -2.61. The van der Waals surface area contributed by atoms with Crippen molar-refractivity contribution < 1.29 is 29.3 Å². The van der Waals surface area contributed by atoms with Crippen molar-refractivity contribution in [2.75, 3.05) is 11.5 Å². The maximum Gasteiger partial charge on any atom is 0.325 e. The second-order valence-corrected chi connectivity index (χ2v) is 15.2. The number of aliphatic hydroxyl groups is 2. The van der Waals surface area contributed by atoms with Gasteiger partial charge in [-0.1, -0.05) is 20.3 Å². The molecule has 2 aromatic rings. The van der Waals surface area contributed by atoms with E-state index in [9.17, 15) is 14.8 Å². The number of unbranched alkanes of at least 4 members (excludes halogenated alkanes) is 1. The summed E-state index contributed by atoms with van der Waals surface area (Å²) in [4.78, 5) is 31.6. The summed E-state index contributed by atoms with van der Waals surface area (Å²) in [7, 11) is -4.07. The summed E-state index contributed by atoms with van der Waals surface area (Å²) in [6, 6.07) is 0. The van der Waals surface area contributed by atoms with E-state index in [1.54, 1.807) is 4.57 Å². The highest BCUT2D eigenvalue weighted by Gasteiger charge is 2.60. The molecule has 8 atom stereocenters. The molecule has 11 nitrogen and oxygen atoms in total. The van der Waals surface area contributed by atoms with Gasteiger partial charge in [-0.3, -0.25) is 9.13 Å².